The second-order valence-corrected chi connectivity index (χ2v) is 4.66. The molecule has 0 unspecified atom stereocenters. The van der Waals surface area contributed by atoms with Crippen molar-refractivity contribution in [1.82, 2.24) is 0 Å². The first-order valence-corrected chi connectivity index (χ1v) is 6.55. The van der Waals surface area contributed by atoms with Gasteiger partial charge in [-0.25, -0.2) is 4.79 Å². The Morgan fingerprint density at radius 2 is 1.76 bits per heavy atom. The quantitative estimate of drug-likeness (QED) is 0.480. The standard InChI is InChI=1S/C17H16O4/c1-12-7-5-8-14(17(19)21-11-18)15(12)10-20-16-9-4-3-6-13(16)2/h3-9,11H,10H2,1-2H3. The van der Waals surface area contributed by atoms with Gasteiger partial charge in [-0.15, -0.1) is 0 Å². The summed E-state index contributed by atoms with van der Waals surface area (Å²) >= 11 is 0. The summed E-state index contributed by atoms with van der Waals surface area (Å²) in [6.45, 7) is 4.21. The average Bonchev–Trinajstić information content (AvgIpc) is 2.47. The number of para-hydroxylation sites is 1. The first kappa shape index (κ1) is 14.8. The summed E-state index contributed by atoms with van der Waals surface area (Å²) in [7, 11) is 0. The molecule has 0 amide bonds. The third-order valence-corrected chi connectivity index (χ3v) is 3.25. The van der Waals surface area contributed by atoms with Crippen LogP contribution in [0.15, 0.2) is 42.5 Å². The van der Waals surface area contributed by atoms with Crippen molar-refractivity contribution in [2.75, 3.05) is 0 Å². The van der Waals surface area contributed by atoms with Crippen LogP contribution < -0.4 is 4.74 Å². The van der Waals surface area contributed by atoms with Gasteiger partial charge in [0, 0.05) is 5.56 Å². The normalized spacial score (nSPS) is 10.0. The molecule has 0 fully saturated rings. The Balaban J connectivity index is 2.25. The summed E-state index contributed by atoms with van der Waals surface area (Å²) in [5.41, 5.74) is 2.98. The van der Waals surface area contributed by atoms with Gasteiger partial charge in [0.05, 0.1) is 5.56 Å². The predicted octanol–water partition coefficient (Wildman–Crippen LogP) is 3.20. The summed E-state index contributed by atoms with van der Waals surface area (Å²) in [5.74, 6) is 0.0903. The zero-order chi connectivity index (χ0) is 15.2. The number of aryl methyl sites for hydroxylation is 2. The average molecular weight is 284 g/mol. The molecule has 108 valence electrons. The molecule has 0 N–H and O–H groups in total. The summed E-state index contributed by atoms with van der Waals surface area (Å²) in [4.78, 5) is 22.1. The number of rotatable bonds is 5. The SMILES string of the molecule is Cc1ccccc1OCc1c(C)cccc1C(=O)OC=O. The van der Waals surface area contributed by atoms with Gasteiger partial charge in [-0.05, 0) is 37.1 Å². The highest BCUT2D eigenvalue weighted by atomic mass is 16.6. The lowest BCUT2D eigenvalue weighted by molar-refractivity contribution is -0.123. The van der Waals surface area contributed by atoms with Gasteiger partial charge in [0.2, 0.25) is 0 Å². The fourth-order valence-corrected chi connectivity index (χ4v) is 2.06. The molecule has 0 heterocycles. The third-order valence-electron chi connectivity index (χ3n) is 3.25. The molecule has 4 heteroatoms. The van der Waals surface area contributed by atoms with Gasteiger partial charge in [-0.1, -0.05) is 30.3 Å². The molecule has 0 aliphatic rings. The van der Waals surface area contributed by atoms with Crippen molar-refractivity contribution in [2.24, 2.45) is 0 Å². The van der Waals surface area contributed by atoms with Crippen LogP contribution >= 0.6 is 0 Å². The second-order valence-electron chi connectivity index (χ2n) is 4.66. The molecular weight excluding hydrogens is 268 g/mol. The summed E-state index contributed by atoms with van der Waals surface area (Å²) in [5, 5.41) is 0. The monoisotopic (exact) mass is 284 g/mol. The largest absolute Gasteiger partial charge is 0.489 e. The van der Waals surface area contributed by atoms with Crippen molar-refractivity contribution in [1.29, 1.82) is 0 Å². The highest BCUT2D eigenvalue weighted by molar-refractivity contribution is 5.94. The zero-order valence-corrected chi connectivity index (χ0v) is 12.0. The van der Waals surface area contributed by atoms with Crippen LogP contribution in [0, 0.1) is 13.8 Å². The van der Waals surface area contributed by atoms with Crippen LogP contribution in [0.2, 0.25) is 0 Å². The minimum absolute atomic E-state index is 0.136. The van der Waals surface area contributed by atoms with Crippen LogP contribution in [0.3, 0.4) is 0 Å². The number of carbonyl (C=O) groups excluding carboxylic acids is 2. The third kappa shape index (κ3) is 3.48. The van der Waals surface area contributed by atoms with E-state index in [-0.39, 0.29) is 13.1 Å². The van der Waals surface area contributed by atoms with Crippen LogP contribution in [0.25, 0.3) is 0 Å². The predicted molar refractivity (Wildman–Crippen MR) is 78.2 cm³/mol. The Kier molecular flexibility index (Phi) is 4.72. The first-order valence-electron chi connectivity index (χ1n) is 6.55. The second kappa shape index (κ2) is 6.70. The summed E-state index contributed by atoms with van der Waals surface area (Å²) in [6.07, 6.45) is 0. The van der Waals surface area contributed by atoms with E-state index in [1.807, 2.05) is 44.2 Å². The van der Waals surface area contributed by atoms with Crippen molar-refractivity contribution in [3.63, 3.8) is 0 Å². The maximum atomic E-state index is 11.8. The lowest BCUT2D eigenvalue weighted by Crippen LogP contribution is -2.11. The van der Waals surface area contributed by atoms with Crippen LogP contribution in [0.5, 0.6) is 5.75 Å². The smallest absolute Gasteiger partial charge is 0.346 e. The number of esters is 1. The number of hydrogen-bond donors (Lipinski definition) is 0. The summed E-state index contributed by atoms with van der Waals surface area (Å²) < 4.78 is 10.2. The molecule has 2 aromatic carbocycles. The first-order chi connectivity index (χ1) is 10.1. The Morgan fingerprint density at radius 1 is 1.05 bits per heavy atom. The zero-order valence-electron chi connectivity index (χ0n) is 12.0. The van der Waals surface area contributed by atoms with Gasteiger partial charge in [0.15, 0.2) is 0 Å². The van der Waals surface area contributed by atoms with Gasteiger partial charge >= 0.3 is 12.4 Å². The highest BCUT2D eigenvalue weighted by Gasteiger charge is 2.15. The maximum absolute atomic E-state index is 11.8. The Hall–Kier alpha value is -2.62. The molecule has 0 atom stereocenters. The maximum Gasteiger partial charge on any atom is 0.346 e. The number of hydrogen-bond acceptors (Lipinski definition) is 4. The molecule has 21 heavy (non-hydrogen) atoms. The fourth-order valence-electron chi connectivity index (χ4n) is 2.06. The van der Waals surface area contributed by atoms with Gasteiger partial charge < -0.3 is 9.47 Å². The lowest BCUT2D eigenvalue weighted by atomic mass is 10.0. The van der Waals surface area contributed by atoms with Crippen molar-refractivity contribution in [3.05, 3.63) is 64.7 Å². The van der Waals surface area contributed by atoms with Crippen molar-refractivity contribution in [3.8, 4) is 5.75 Å². The van der Waals surface area contributed by atoms with E-state index in [2.05, 4.69) is 4.74 Å². The molecule has 4 nitrogen and oxygen atoms in total. The highest BCUT2D eigenvalue weighted by Crippen LogP contribution is 2.21. The van der Waals surface area contributed by atoms with E-state index < -0.39 is 5.97 Å². The van der Waals surface area contributed by atoms with Crippen molar-refractivity contribution in [2.45, 2.75) is 20.5 Å². The van der Waals surface area contributed by atoms with Gasteiger partial charge in [0.25, 0.3) is 0 Å². The van der Waals surface area contributed by atoms with E-state index in [1.54, 1.807) is 12.1 Å². The number of benzene rings is 2. The number of ether oxygens (including phenoxy) is 2. The molecule has 0 radical (unpaired) electrons. The molecule has 2 rings (SSSR count). The van der Waals surface area contributed by atoms with E-state index in [1.165, 1.54) is 0 Å². The molecule has 0 aliphatic heterocycles. The molecule has 0 saturated heterocycles. The fraction of sp³-hybridized carbons (Fsp3) is 0.176. The molecular formula is C17H16O4. The van der Waals surface area contributed by atoms with Crippen LogP contribution in [0.1, 0.15) is 27.0 Å². The molecule has 0 saturated carbocycles. The molecule has 0 aromatic heterocycles. The Labute approximate surface area is 123 Å². The molecule has 0 spiro atoms. The number of carbonyl (C=O) groups is 2. The van der Waals surface area contributed by atoms with E-state index >= 15 is 0 Å². The van der Waals surface area contributed by atoms with Gasteiger partial charge in [-0.3, -0.25) is 4.79 Å². The van der Waals surface area contributed by atoms with Crippen LogP contribution in [-0.4, -0.2) is 12.4 Å². The molecule has 0 aliphatic carbocycles. The molecule has 0 bridgehead atoms. The van der Waals surface area contributed by atoms with Gasteiger partial charge in [0.1, 0.15) is 12.4 Å². The lowest BCUT2D eigenvalue weighted by Gasteiger charge is -2.13. The van der Waals surface area contributed by atoms with E-state index in [0.29, 0.717) is 11.1 Å². The topological polar surface area (TPSA) is 52.6 Å². The minimum atomic E-state index is -0.669. The van der Waals surface area contributed by atoms with Crippen LogP contribution in [0.4, 0.5) is 0 Å². The Morgan fingerprint density at radius 3 is 2.48 bits per heavy atom. The van der Waals surface area contributed by atoms with Crippen molar-refractivity contribution >= 4 is 12.4 Å². The van der Waals surface area contributed by atoms with E-state index in [0.717, 1.165) is 16.9 Å². The Bertz CT molecular complexity index is 662. The summed E-state index contributed by atoms with van der Waals surface area (Å²) in [6, 6.07) is 12.9. The van der Waals surface area contributed by atoms with Gasteiger partial charge in [-0.2, -0.15) is 0 Å². The minimum Gasteiger partial charge on any atom is -0.489 e. The molecule has 2 aromatic rings. The van der Waals surface area contributed by atoms with Crippen LogP contribution in [-0.2, 0) is 16.1 Å². The van der Waals surface area contributed by atoms with E-state index in [9.17, 15) is 9.59 Å². The van der Waals surface area contributed by atoms with E-state index in [4.69, 9.17) is 4.74 Å². The van der Waals surface area contributed by atoms with Crippen molar-refractivity contribution < 1.29 is 19.1 Å².